The quantitative estimate of drug-likeness (QED) is 0.402. The summed E-state index contributed by atoms with van der Waals surface area (Å²) in [7, 11) is 5.14. The van der Waals surface area contributed by atoms with Crippen LogP contribution >= 0.6 is 11.6 Å². The van der Waals surface area contributed by atoms with E-state index in [-0.39, 0.29) is 18.4 Å². The first-order chi connectivity index (χ1) is 12.4. The van der Waals surface area contributed by atoms with Crippen molar-refractivity contribution in [2.45, 2.75) is 25.3 Å². The van der Waals surface area contributed by atoms with Gasteiger partial charge in [0, 0.05) is 52.9 Å². The van der Waals surface area contributed by atoms with Crippen molar-refractivity contribution in [3.8, 4) is 0 Å². The maximum Gasteiger partial charge on any atom is 0.242 e. The molecule has 1 aromatic heterocycles. The van der Waals surface area contributed by atoms with Gasteiger partial charge in [-0.15, -0.1) is 11.6 Å². The molecule has 1 unspecified atom stereocenters. The van der Waals surface area contributed by atoms with Crippen molar-refractivity contribution in [1.29, 1.82) is 0 Å². The number of alkyl halides is 1. The molecule has 0 N–H and O–H groups in total. The molecule has 8 heteroatoms. The maximum absolute atomic E-state index is 12.8. The topological polar surface area (TPSA) is 64.0 Å². The Labute approximate surface area is 160 Å². The summed E-state index contributed by atoms with van der Waals surface area (Å²) in [6.07, 6.45) is 2.58. The molecule has 1 rings (SSSR count). The molecular weight excluding hydrogens is 358 g/mol. The van der Waals surface area contributed by atoms with E-state index in [4.69, 9.17) is 21.1 Å². The van der Waals surface area contributed by atoms with E-state index in [1.54, 1.807) is 26.0 Å². The standard InChI is InChI=1S/C18H30ClN3O4/c1-15(19)18(24)22(9-6-11-25-3)14-17(23)21(10-12-26-4)13-16-7-5-8-20(16)2/h5,7-8,15H,6,9-14H2,1-4H3. The zero-order valence-corrected chi connectivity index (χ0v) is 16.9. The van der Waals surface area contributed by atoms with Gasteiger partial charge in [0.05, 0.1) is 19.7 Å². The van der Waals surface area contributed by atoms with Gasteiger partial charge in [-0.05, 0) is 25.5 Å². The van der Waals surface area contributed by atoms with E-state index in [1.165, 1.54) is 4.90 Å². The predicted molar refractivity (Wildman–Crippen MR) is 101 cm³/mol. The number of aryl methyl sites for hydroxylation is 1. The van der Waals surface area contributed by atoms with Crippen molar-refractivity contribution in [3.05, 3.63) is 24.0 Å². The average Bonchev–Trinajstić information content (AvgIpc) is 3.01. The number of carbonyl (C=O) groups excluding carboxylic acids is 2. The highest BCUT2D eigenvalue weighted by Crippen LogP contribution is 2.09. The summed E-state index contributed by atoms with van der Waals surface area (Å²) in [6, 6.07) is 3.90. The van der Waals surface area contributed by atoms with Crippen LogP contribution in [-0.4, -0.2) is 78.6 Å². The SMILES string of the molecule is COCCCN(CC(=O)N(CCOC)Cc1cccn1C)C(=O)C(C)Cl. The van der Waals surface area contributed by atoms with E-state index in [0.717, 1.165) is 5.69 Å². The second kappa shape index (κ2) is 11.9. The van der Waals surface area contributed by atoms with E-state index in [1.807, 2.05) is 29.9 Å². The maximum atomic E-state index is 12.8. The van der Waals surface area contributed by atoms with Gasteiger partial charge >= 0.3 is 0 Å². The minimum absolute atomic E-state index is 0.00621. The molecule has 0 aliphatic carbocycles. The number of rotatable bonds is 12. The Hall–Kier alpha value is -1.57. The molecule has 0 aliphatic rings. The van der Waals surface area contributed by atoms with Gasteiger partial charge < -0.3 is 23.8 Å². The Balaban J connectivity index is 2.81. The zero-order valence-electron chi connectivity index (χ0n) is 16.1. The monoisotopic (exact) mass is 387 g/mol. The summed E-state index contributed by atoms with van der Waals surface area (Å²) in [5.41, 5.74) is 1.01. The number of carbonyl (C=O) groups is 2. The van der Waals surface area contributed by atoms with Gasteiger partial charge in [0.1, 0.15) is 5.38 Å². The molecule has 7 nitrogen and oxygen atoms in total. The summed E-state index contributed by atoms with van der Waals surface area (Å²) in [5, 5.41) is -0.675. The fourth-order valence-corrected chi connectivity index (χ4v) is 2.67. The van der Waals surface area contributed by atoms with Gasteiger partial charge in [-0.2, -0.15) is 0 Å². The summed E-state index contributed by atoms with van der Waals surface area (Å²) in [4.78, 5) is 28.4. The lowest BCUT2D eigenvalue weighted by Crippen LogP contribution is -2.46. The van der Waals surface area contributed by atoms with Crippen LogP contribution in [0.4, 0.5) is 0 Å². The largest absolute Gasteiger partial charge is 0.385 e. The number of hydrogen-bond acceptors (Lipinski definition) is 4. The molecule has 1 heterocycles. The summed E-state index contributed by atoms with van der Waals surface area (Å²) >= 11 is 5.95. The third-order valence-electron chi connectivity index (χ3n) is 4.08. The molecule has 0 spiro atoms. The van der Waals surface area contributed by atoms with Crippen LogP contribution in [0.2, 0.25) is 0 Å². The van der Waals surface area contributed by atoms with Crippen molar-refractivity contribution < 1.29 is 19.1 Å². The zero-order chi connectivity index (χ0) is 19.5. The van der Waals surface area contributed by atoms with Crippen LogP contribution in [-0.2, 0) is 32.7 Å². The molecule has 0 aliphatic heterocycles. The first-order valence-electron chi connectivity index (χ1n) is 8.69. The first-order valence-corrected chi connectivity index (χ1v) is 9.13. The van der Waals surface area contributed by atoms with Crippen molar-refractivity contribution in [3.63, 3.8) is 0 Å². The van der Waals surface area contributed by atoms with E-state index in [0.29, 0.717) is 39.3 Å². The number of methoxy groups -OCH3 is 2. The third kappa shape index (κ3) is 7.35. The second-order valence-corrected chi connectivity index (χ2v) is 6.80. The molecule has 1 atom stereocenters. The van der Waals surface area contributed by atoms with Gasteiger partial charge in [0.2, 0.25) is 11.8 Å². The van der Waals surface area contributed by atoms with Crippen LogP contribution < -0.4 is 0 Å². The lowest BCUT2D eigenvalue weighted by molar-refractivity contribution is -0.141. The Morgan fingerprint density at radius 2 is 1.88 bits per heavy atom. The van der Waals surface area contributed by atoms with Crippen LogP contribution in [0.15, 0.2) is 18.3 Å². The molecule has 0 aromatic carbocycles. The van der Waals surface area contributed by atoms with E-state index < -0.39 is 5.38 Å². The number of hydrogen-bond donors (Lipinski definition) is 0. The number of nitrogens with zero attached hydrogens (tertiary/aromatic N) is 3. The molecule has 0 radical (unpaired) electrons. The molecule has 0 saturated carbocycles. The molecule has 2 amide bonds. The minimum Gasteiger partial charge on any atom is -0.385 e. The average molecular weight is 388 g/mol. The Bertz CT molecular complexity index is 562. The highest BCUT2D eigenvalue weighted by Gasteiger charge is 2.24. The Morgan fingerprint density at radius 1 is 1.19 bits per heavy atom. The van der Waals surface area contributed by atoms with Crippen molar-refractivity contribution in [1.82, 2.24) is 14.4 Å². The van der Waals surface area contributed by atoms with Gasteiger partial charge in [-0.25, -0.2) is 0 Å². The van der Waals surface area contributed by atoms with E-state index in [9.17, 15) is 9.59 Å². The predicted octanol–water partition coefficient (Wildman–Crippen LogP) is 1.49. The van der Waals surface area contributed by atoms with Crippen molar-refractivity contribution in [2.75, 3.05) is 47.1 Å². The highest BCUT2D eigenvalue weighted by molar-refractivity contribution is 6.30. The smallest absolute Gasteiger partial charge is 0.242 e. The normalized spacial score (nSPS) is 12.0. The van der Waals surface area contributed by atoms with Crippen LogP contribution in [0.5, 0.6) is 0 Å². The fourth-order valence-electron chi connectivity index (χ4n) is 2.53. The van der Waals surface area contributed by atoms with Gasteiger partial charge in [0.15, 0.2) is 0 Å². The summed E-state index contributed by atoms with van der Waals surface area (Å²) < 4.78 is 12.1. The Morgan fingerprint density at radius 3 is 2.42 bits per heavy atom. The lowest BCUT2D eigenvalue weighted by Gasteiger charge is -2.28. The van der Waals surface area contributed by atoms with Crippen LogP contribution in [0.1, 0.15) is 19.0 Å². The van der Waals surface area contributed by atoms with Gasteiger partial charge in [0.25, 0.3) is 0 Å². The van der Waals surface area contributed by atoms with Gasteiger partial charge in [-0.3, -0.25) is 9.59 Å². The van der Waals surface area contributed by atoms with Crippen molar-refractivity contribution in [2.24, 2.45) is 7.05 Å². The second-order valence-electron chi connectivity index (χ2n) is 6.14. The summed E-state index contributed by atoms with van der Waals surface area (Å²) in [6.45, 7) is 3.90. The van der Waals surface area contributed by atoms with Crippen LogP contribution in [0.25, 0.3) is 0 Å². The number of amides is 2. The van der Waals surface area contributed by atoms with E-state index >= 15 is 0 Å². The fraction of sp³-hybridized carbons (Fsp3) is 0.667. The minimum atomic E-state index is -0.675. The first kappa shape index (κ1) is 22.5. The number of halogens is 1. The molecule has 1 aromatic rings. The number of aromatic nitrogens is 1. The molecular formula is C18H30ClN3O4. The van der Waals surface area contributed by atoms with Crippen LogP contribution in [0, 0.1) is 0 Å². The molecule has 148 valence electrons. The molecule has 0 fully saturated rings. The lowest BCUT2D eigenvalue weighted by atomic mass is 10.3. The van der Waals surface area contributed by atoms with E-state index in [2.05, 4.69) is 0 Å². The number of ether oxygens (including phenoxy) is 2. The highest BCUT2D eigenvalue weighted by atomic mass is 35.5. The van der Waals surface area contributed by atoms with Crippen LogP contribution in [0.3, 0.4) is 0 Å². The Kier molecular flexibility index (Phi) is 10.3. The third-order valence-corrected chi connectivity index (χ3v) is 4.26. The van der Waals surface area contributed by atoms with Gasteiger partial charge in [-0.1, -0.05) is 0 Å². The molecule has 0 bridgehead atoms. The van der Waals surface area contributed by atoms with Crippen molar-refractivity contribution >= 4 is 23.4 Å². The summed E-state index contributed by atoms with van der Waals surface area (Å²) in [5.74, 6) is -0.381. The molecule has 26 heavy (non-hydrogen) atoms. The molecule has 0 saturated heterocycles.